The number of hydrazone groups is 1. The van der Waals surface area contributed by atoms with E-state index in [9.17, 15) is 4.79 Å². The zero-order chi connectivity index (χ0) is 21.2. The molecule has 29 heavy (non-hydrogen) atoms. The largest absolute Gasteiger partial charge is 0.484 e. The Bertz CT molecular complexity index is 940. The predicted octanol–water partition coefficient (Wildman–Crippen LogP) is 5.01. The lowest BCUT2D eigenvalue weighted by Crippen LogP contribution is -2.45. The van der Waals surface area contributed by atoms with Crippen molar-refractivity contribution in [3.05, 3.63) is 57.6 Å². The summed E-state index contributed by atoms with van der Waals surface area (Å²) in [5.41, 5.74) is 7.41. The Morgan fingerprint density at radius 1 is 1.38 bits per heavy atom. The summed E-state index contributed by atoms with van der Waals surface area (Å²) >= 11 is 3.38. The first-order valence-corrected chi connectivity index (χ1v) is 10.6. The molecule has 1 amide bonds. The van der Waals surface area contributed by atoms with Crippen LogP contribution in [0, 0.1) is 6.92 Å². The first kappa shape index (κ1) is 21.4. The first-order valence-electron chi connectivity index (χ1n) is 9.76. The minimum absolute atomic E-state index is 0.0894. The number of halogens is 1. The van der Waals surface area contributed by atoms with Crippen molar-refractivity contribution in [2.75, 3.05) is 18.6 Å². The topological polar surface area (TPSA) is 53.9 Å². The van der Waals surface area contributed by atoms with Crippen molar-refractivity contribution in [2.45, 2.75) is 45.6 Å². The third-order valence-corrected chi connectivity index (χ3v) is 6.07. The number of carbonyl (C=O) groups is 1. The van der Waals surface area contributed by atoms with Crippen molar-refractivity contribution in [3.63, 3.8) is 0 Å². The lowest BCUT2D eigenvalue weighted by molar-refractivity contribution is -0.123. The van der Waals surface area contributed by atoms with Crippen LogP contribution in [0.2, 0.25) is 0 Å². The number of fused-ring (bicyclic) bond motifs is 1. The van der Waals surface area contributed by atoms with Crippen molar-refractivity contribution in [1.82, 2.24) is 5.43 Å². The predicted molar refractivity (Wildman–Crippen MR) is 122 cm³/mol. The van der Waals surface area contributed by atoms with Gasteiger partial charge in [-0.3, -0.25) is 4.79 Å². The molecule has 1 N–H and O–H groups in total. The molecule has 0 fully saturated rings. The van der Waals surface area contributed by atoms with Gasteiger partial charge < -0.3 is 9.64 Å². The molecule has 0 aliphatic carbocycles. The van der Waals surface area contributed by atoms with Crippen LogP contribution in [0.5, 0.6) is 5.75 Å². The third-order valence-electron chi connectivity index (χ3n) is 5.58. The van der Waals surface area contributed by atoms with Gasteiger partial charge in [0.2, 0.25) is 0 Å². The van der Waals surface area contributed by atoms with E-state index in [1.165, 1.54) is 11.3 Å². The van der Waals surface area contributed by atoms with Gasteiger partial charge in [-0.2, -0.15) is 5.10 Å². The average Bonchev–Trinajstić information content (AvgIpc) is 2.65. The molecule has 2 aromatic rings. The smallest absolute Gasteiger partial charge is 0.277 e. The molecule has 0 bridgehead atoms. The normalized spacial score (nSPS) is 17.9. The zero-order valence-corrected chi connectivity index (χ0v) is 19.2. The summed E-state index contributed by atoms with van der Waals surface area (Å²) in [7, 11) is 2.16. The van der Waals surface area contributed by atoms with E-state index in [1.54, 1.807) is 12.3 Å². The van der Waals surface area contributed by atoms with E-state index in [1.807, 2.05) is 18.2 Å². The van der Waals surface area contributed by atoms with Gasteiger partial charge in [0, 0.05) is 22.7 Å². The lowest BCUT2D eigenvalue weighted by atomic mass is 9.79. The summed E-state index contributed by atoms with van der Waals surface area (Å²) in [6.07, 6.45) is 2.80. The molecule has 1 atom stereocenters. The molecule has 0 spiro atoms. The van der Waals surface area contributed by atoms with Crippen LogP contribution in [0.3, 0.4) is 0 Å². The fourth-order valence-corrected chi connectivity index (χ4v) is 4.16. The van der Waals surface area contributed by atoms with Crippen LogP contribution in [-0.2, 0) is 4.79 Å². The fraction of sp³-hybridized carbons (Fsp3) is 0.391. The van der Waals surface area contributed by atoms with E-state index in [0.29, 0.717) is 11.7 Å². The molecule has 6 heteroatoms. The second-order valence-corrected chi connectivity index (χ2v) is 9.20. The Balaban J connectivity index is 1.65. The summed E-state index contributed by atoms with van der Waals surface area (Å²) in [6.45, 7) is 8.81. The number of nitrogens with one attached hydrogen (secondary N) is 1. The van der Waals surface area contributed by atoms with Gasteiger partial charge in [0.15, 0.2) is 6.61 Å². The highest BCUT2D eigenvalue weighted by molar-refractivity contribution is 9.10. The molecule has 154 valence electrons. The van der Waals surface area contributed by atoms with Gasteiger partial charge >= 0.3 is 0 Å². The SMILES string of the molecule is Cc1cc2c(cc1/C=N/NC(=O)COc1cccc(Br)c1)C(C)CC(C)(C)N2C. The number of amides is 1. The molecule has 2 aromatic carbocycles. The molecule has 1 heterocycles. The van der Waals surface area contributed by atoms with Gasteiger partial charge in [-0.15, -0.1) is 0 Å². The first-order chi connectivity index (χ1) is 13.7. The summed E-state index contributed by atoms with van der Waals surface area (Å²) in [6, 6.07) is 11.8. The number of aryl methyl sites for hydroxylation is 1. The van der Waals surface area contributed by atoms with Crippen molar-refractivity contribution in [1.29, 1.82) is 0 Å². The average molecular weight is 458 g/mol. The summed E-state index contributed by atoms with van der Waals surface area (Å²) in [4.78, 5) is 14.4. The lowest BCUT2D eigenvalue weighted by Gasteiger charge is -2.45. The van der Waals surface area contributed by atoms with Crippen LogP contribution in [0.1, 0.15) is 49.8 Å². The van der Waals surface area contributed by atoms with Gasteiger partial charge in [0.05, 0.1) is 6.21 Å². The number of benzene rings is 2. The van der Waals surface area contributed by atoms with E-state index in [-0.39, 0.29) is 18.1 Å². The molecule has 1 aliphatic rings. The Labute approximate surface area is 181 Å². The number of rotatable bonds is 5. The molecule has 0 saturated heterocycles. The monoisotopic (exact) mass is 457 g/mol. The van der Waals surface area contributed by atoms with Crippen LogP contribution in [-0.4, -0.2) is 31.3 Å². The number of nitrogens with zero attached hydrogens (tertiary/aromatic N) is 2. The van der Waals surface area contributed by atoms with E-state index in [0.717, 1.165) is 22.0 Å². The number of anilines is 1. The van der Waals surface area contributed by atoms with E-state index in [4.69, 9.17) is 4.74 Å². The van der Waals surface area contributed by atoms with Crippen LogP contribution >= 0.6 is 15.9 Å². The maximum absolute atomic E-state index is 12.0. The molecule has 3 rings (SSSR count). The van der Waals surface area contributed by atoms with Gasteiger partial charge in [-0.25, -0.2) is 5.43 Å². The quantitative estimate of drug-likeness (QED) is 0.507. The van der Waals surface area contributed by atoms with Gasteiger partial charge in [-0.1, -0.05) is 28.9 Å². The Morgan fingerprint density at radius 3 is 2.86 bits per heavy atom. The maximum atomic E-state index is 12.0. The van der Waals surface area contributed by atoms with Crippen molar-refractivity contribution in [3.8, 4) is 5.75 Å². The highest BCUT2D eigenvalue weighted by Crippen LogP contribution is 2.43. The standard InChI is InChI=1S/C23H28BrN3O2/c1-15-9-21-20(16(2)12-23(3,4)27(21)5)10-17(15)13-25-26-22(28)14-29-19-8-6-7-18(24)11-19/h6-11,13,16H,12,14H2,1-5H3,(H,26,28)/b25-13+. The Kier molecular flexibility index (Phi) is 6.32. The highest BCUT2D eigenvalue weighted by atomic mass is 79.9. The molecule has 1 unspecified atom stereocenters. The van der Waals surface area contributed by atoms with Crippen molar-refractivity contribution < 1.29 is 9.53 Å². The second kappa shape index (κ2) is 8.57. The molecule has 0 aromatic heterocycles. The molecule has 5 nitrogen and oxygen atoms in total. The minimum Gasteiger partial charge on any atom is -0.484 e. The highest BCUT2D eigenvalue weighted by Gasteiger charge is 2.34. The van der Waals surface area contributed by atoms with Crippen LogP contribution in [0.4, 0.5) is 5.69 Å². The minimum atomic E-state index is -0.299. The number of hydrogen-bond donors (Lipinski definition) is 1. The van der Waals surface area contributed by atoms with Crippen molar-refractivity contribution >= 4 is 33.7 Å². The maximum Gasteiger partial charge on any atom is 0.277 e. The zero-order valence-electron chi connectivity index (χ0n) is 17.6. The summed E-state index contributed by atoms with van der Waals surface area (Å²) in [5.74, 6) is 0.800. The molecular formula is C23H28BrN3O2. The van der Waals surface area contributed by atoms with Crippen LogP contribution in [0.25, 0.3) is 0 Å². The summed E-state index contributed by atoms with van der Waals surface area (Å²) in [5, 5.41) is 4.13. The third kappa shape index (κ3) is 4.99. The number of hydrogen-bond acceptors (Lipinski definition) is 4. The van der Waals surface area contributed by atoms with Gasteiger partial charge in [0.25, 0.3) is 5.91 Å². The van der Waals surface area contributed by atoms with E-state index < -0.39 is 0 Å². The number of ether oxygens (including phenoxy) is 1. The Morgan fingerprint density at radius 2 is 2.14 bits per heavy atom. The van der Waals surface area contributed by atoms with Crippen molar-refractivity contribution in [2.24, 2.45) is 5.10 Å². The number of carbonyl (C=O) groups excluding carboxylic acids is 1. The molecular weight excluding hydrogens is 430 g/mol. The molecule has 0 saturated carbocycles. The van der Waals surface area contributed by atoms with Gasteiger partial charge in [0.1, 0.15) is 5.75 Å². The van der Waals surface area contributed by atoms with E-state index >= 15 is 0 Å². The van der Waals surface area contributed by atoms with E-state index in [2.05, 4.69) is 78.2 Å². The van der Waals surface area contributed by atoms with Crippen LogP contribution in [0.15, 0.2) is 46.0 Å². The molecule has 0 radical (unpaired) electrons. The van der Waals surface area contributed by atoms with Crippen LogP contribution < -0.4 is 15.1 Å². The Hall–Kier alpha value is -2.34. The second-order valence-electron chi connectivity index (χ2n) is 8.28. The molecule has 1 aliphatic heterocycles. The summed E-state index contributed by atoms with van der Waals surface area (Å²) < 4.78 is 6.38. The fourth-order valence-electron chi connectivity index (χ4n) is 3.79. The van der Waals surface area contributed by atoms with Gasteiger partial charge in [-0.05, 0) is 80.1 Å².